The van der Waals surface area contributed by atoms with Gasteiger partial charge in [0.15, 0.2) is 0 Å². The van der Waals surface area contributed by atoms with Crippen LogP contribution in [0.5, 0.6) is 0 Å². The predicted molar refractivity (Wildman–Crippen MR) is 49.6 cm³/mol. The molecule has 0 aromatic rings. The van der Waals surface area contributed by atoms with Crippen LogP contribution in [0.1, 0.15) is 26.2 Å². The van der Waals surface area contributed by atoms with Crippen LogP contribution in [0.25, 0.3) is 0 Å². The molecule has 2 atom stereocenters. The highest BCUT2D eigenvalue weighted by atomic mass is 16.5. The smallest absolute Gasteiger partial charge is 0.135 e. The van der Waals surface area contributed by atoms with Gasteiger partial charge in [0, 0.05) is 38.6 Å². The third kappa shape index (κ3) is 1.92. The van der Waals surface area contributed by atoms with Crippen molar-refractivity contribution in [1.29, 1.82) is 0 Å². The molecule has 2 fully saturated rings. The van der Waals surface area contributed by atoms with Crippen LogP contribution in [0.4, 0.5) is 0 Å². The Morgan fingerprint density at radius 3 is 2.62 bits per heavy atom. The van der Waals surface area contributed by atoms with Crippen LogP contribution in [0.15, 0.2) is 0 Å². The molecule has 3 heteroatoms. The fourth-order valence-corrected chi connectivity index (χ4v) is 2.30. The summed E-state index contributed by atoms with van der Waals surface area (Å²) in [6, 6.07) is 0.563. The molecule has 2 rings (SSSR count). The first-order valence-electron chi connectivity index (χ1n) is 5.15. The van der Waals surface area contributed by atoms with E-state index in [0.29, 0.717) is 17.9 Å². The van der Waals surface area contributed by atoms with Crippen LogP contribution >= 0.6 is 0 Å². The molecular weight excluding hydrogens is 166 g/mol. The van der Waals surface area contributed by atoms with E-state index in [-0.39, 0.29) is 0 Å². The second-order valence-corrected chi connectivity index (χ2v) is 4.01. The maximum Gasteiger partial charge on any atom is 0.135 e. The lowest BCUT2D eigenvalue weighted by Gasteiger charge is -2.33. The molecule has 0 aliphatic carbocycles. The molecule has 3 nitrogen and oxygen atoms in total. The SMILES string of the molecule is CC1OCCC1N1CCC(=O)CC1. The standard InChI is InChI=1S/C10H17NO2/c1-8-10(4-7-13-8)11-5-2-9(12)3-6-11/h8,10H,2-7H2,1H3. The van der Waals surface area contributed by atoms with Gasteiger partial charge in [-0.2, -0.15) is 0 Å². The monoisotopic (exact) mass is 183 g/mol. The van der Waals surface area contributed by atoms with E-state index in [2.05, 4.69) is 11.8 Å². The molecule has 2 aliphatic heterocycles. The minimum absolute atomic E-state index is 0.355. The van der Waals surface area contributed by atoms with Crippen LogP contribution in [-0.2, 0) is 9.53 Å². The first-order chi connectivity index (χ1) is 6.27. The molecular formula is C10H17NO2. The van der Waals surface area contributed by atoms with Gasteiger partial charge in [-0.3, -0.25) is 9.69 Å². The molecule has 13 heavy (non-hydrogen) atoms. The highest BCUT2D eigenvalue weighted by Gasteiger charge is 2.31. The average Bonchev–Trinajstić information content (AvgIpc) is 2.53. The summed E-state index contributed by atoms with van der Waals surface area (Å²) in [6.45, 7) is 4.90. The van der Waals surface area contributed by atoms with E-state index in [1.54, 1.807) is 0 Å². The maximum absolute atomic E-state index is 11.0. The molecule has 2 heterocycles. The van der Waals surface area contributed by atoms with Crippen molar-refractivity contribution in [2.24, 2.45) is 0 Å². The molecule has 2 saturated heterocycles. The number of hydrogen-bond donors (Lipinski definition) is 0. The van der Waals surface area contributed by atoms with Gasteiger partial charge >= 0.3 is 0 Å². The number of rotatable bonds is 1. The van der Waals surface area contributed by atoms with Crippen LogP contribution in [-0.4, -0.2) is 42.5 Å². The highest BCUT2D eigenvalue weighted by Crippen LogP contribution is 2.21. The fraction of sp³-hybridized carbons (Fsp3) is 0.900. The van der Waals surface area contributed by atoms with Crippen molar-refractivity contribution in [2.45, 2.75) is 38.3 Å². The Bertz CT molecular complexity index is 195. The topological polar surface area (TPSA) is 29.5 Å². The Labute approximate surface area is 79.0 Å². The summed E-state index contributed by atoms with van der Waals surface area (Å²) in [7, 11) is 0. The maximum atomic E-state index is 11.0. The van der Waals surface area contributed by atoms with Crippen molar-refractivity contribution in [3.05, 3.63) is 0 Å². The molecule has 0 aromatic carbocycles. The summed E-state index contributed by atoms with van der Waals surface area (Å²) in [6.07, 6.45) is 2.97. The number of hydrogen-bond acceptors (Lipinski definition) is 3. The number of likely N-dealkylation sites (tertiary alicyclic amines) is 1. The zero-order chi connectivity index (χ0) is 9.26. The molecule has 0 aromatic heterocycles. The largest absolute Gasteiger partial charge is 0.377 e. The van der Waals surface area contributed by atoms with Crippen molar-refractivity contribution >= 4 is 5.78 Å². The average molecular weight is 183 g/mol. The van der Waals surface area contributed by atoms with Gasteiger partial charge in [-0.1, -0.05) is 0 Å². The Hall–Kier alpha value is -0.410. The predicted octanol–water partition coefficient (Wildman–Crippen LogP) is 0.829. The molecule has 0 spiro atoms. The van der Waals surface area contributed by atoms with Crippen molar-refractivity contribution in [1.82, 2.24) is 4.90 Å². The molecule has 0 amide bonds. The lowest BCUT2D eigenvalue weighted by Crippen LogP contribution is -2.44. The van der Waals surface area contributed by atoms with Crippen molar-refractivity contribution < 1.29 is 9.53 Å². The van der Waals surface area contributed by atoms with E-state index in [4.69, 9.17) is 4.74 Å². The zero-order valence-corrected chi connectivity index (χ0v) is 8.16. The molecule has 0 radical (unpaired) electrons. The second-order valence-electron chi connectivity index (χ2n) is 4.01. The molecule has 2 unspecified atom stereocenters. The Morgan fingerprint density at radius 2 is 2.08 bits per heavy atom. The number of ketones is 1. The van der Waals surface area contributed by atoms with Crippen LogP contribution in [0.3, 0.4) is 0 Å². The molecule has 0 bridgehead atoms. The van der Waals surface area contributed by atoms with Gasteiger partial charge in [-0.25, -0.2) is 0 Å². The molecule has 0 saturated carbocycles. The van der Waals surface area contributed by atoms with Crippen LogP contribution < -0.4 is 0 Å². The van der Waals surface area contributed by atoms with Gasteiger partial charge in [0.25, 0.3) is 0 Å². The molecule has 0 N–H and O–H groups in total. The second kappa shape index (κ2) is 3.76. The van der Waals surface area contributed by atoms with E-state index >= 15 is 0 Å². The summed E-state index contributed by atoms with van der Waals surface area (Å²) < 4.78 is 5.52. The first kappa shape index (κ1) is 9.16. The summed E-state index contributed by atoms with van der Waals surface area (Å²) >= 11 is 0. The van der Waals surface area contributed by atoms with E-state index < -0.39 is 0 Å². The summed E-state index contributed by atoms with van der Waals surface area (Å²) in [5.41, 5.74) is 0. The van der Waals surface area contributed by atoms with E-state index in [1.807, 2.05) is 0 Å². The Morgan fingerprint density at radius 1 is 1.38 bits per heavy atom. The minimum Gasteiger partial charge on any atom is -0.377 e. The zero-order valence-electron chi connectivity index (χ0n) is 8.16. The van der Waals surface area contributed by atoms with Crippen molar-refractivity contribution in [3.8, 4) is 0 Å². The van der Waals surface area contributed by atoms with E-state index in [1.165, 1.54) is 0 Å². The third-order valence-corrected chi connectivity index (χ3v) is 3.16. The summed E-state index contributed by atoms with van der Waals surface area (Å²) in [4.78, 5) is 13.5. The number of ether oxygens (including phenoxy) is 1. The van der Waals surface area contributed by atoms with Crippen molar-refractivity contribution in [3.63, 3.8) is 0 Å². The fourth-order valence-electron chi connectivity index (χ4n) is 2.30. The first-order valence-corrected chi connectivity index (χ1v) is 5.15. The minimum atomic E-state index is 0.355. The van der Waals surface area contributed by atoms with Gasteiger partial charge in [-0.05, 0) is 13.3 Å². The number of Topliss-reactive ketones (excluding diaryl/α,β-unsaturated/α-hetero) is 1. The summed E-state index contributed by atoms with van der Waals surface area (Å²) in [5, 5.41) is 0. The van der Waals surface area contributed by atoms with Crippen LogP contribution in [0, 0.1) is 0 Å². The third-order valence-electron chi connectivity index (χ3n) is 3.16. The Kier molecular flexibility index (Phi) is 2.65. The lowest BCUT2D eigenvalue weighted by atomic mass is 10.0. The quantitative estimate of drug-likeness (QED) is 0.603. The van der Waals surface area contributed by atoms with Crippen molar-refractivity contribution in [2.75, 3.05) is 19.7 Å². The molecule has 74 valence electrons. The van der Waals surface area contributed by atoms with Gasteiger partial charge in [-0.15, -0.1) is 0 Å². The van der Waals surface area contributed by atoms with Gasteiger partial charge in [0.2, 0.25) is 0 Å². The number of carbonyl (C=O) groups is 1. The van der Waals surface area contributed by atoms with E-state index in [0.717, 1.165) is 39.0 Å². The normalized spacial score (nSPS) is 36.8. The van der Waals surface area contributed by atoms with Crippen LogP contribution in [0.2, 0.25) is 0 Å². The highest BCUT2D eigenvalue weighted by molar-refractivity contribution is 5.79. The summed E-state index contributed by atoms with van der Waals surface area (Å²) in [5.74, 6) is 0.419. The lowest BCUT2D eigenvalue weighted by molar-refractivity contribution is -0.122. The van der Waals surface area contributed by atoms with Gasteiger partial charge < -0.3 is 4.74 Å². The molecule has 2 aliphatic rings. The Balaban J connectivity index is 1.90. The van der Waals surface area contributed by atoms with Gasteiger partial charge in [0.05, 0.1) is 6.10 Å². The number of nitrogens with zero attached hydrogens (tertiary/aromatic N) is 1. The van der Waals surface area contributed by atoms with E-state index in [9.17, 15) is 4.79 Å². The number of carbonyl (C=O) groups excluding carboxylic acids is 1. The number of piperidine rings is 1. The van der Waals surface area contributed by atoms with Gasteiger partial charge in [0.1, 0.15) is 5.78 Å².